The van der Waals surface area contributed by atoms with Crippen molar-refractivity contribution in [1.29, 1.82) is 0 Å². The van der Waals surface area contributed by atoms with E-state index in [1.807, 2.05) is 30.3 Å². The highest BCUT2D eigenvalue weighted by Crippen LogP contribution is 2.36. The molecule has 1 aromatic heterocycles. The van der Waals surface area contributed by atoms with Crippen molar-refractivity contribution in [3.05, 3.63) is 54.4 Å². The van der Waals surface area contributed by atoms with Gasteiger partial charge < -0.3 is 19.4 Å². The molecule has 1 amide bonds. The molecule has 0 bridgehead atoms. The fourth-order valence-electron chi connectivity index (χ4n) is 4.66. The van der Waals surface area contributed by atoms with Gasteiger partial charge in [-0.1, -0.05) is 24.3 Å². The number of carbonyl (C=O) groups excluding carboxylic acids is 1. The van der Waals surface area contributed by atoms with Gasteiger partial charge in [0.25, 0.3) is 5.91 Å². The van der Waals surface area contributed by atoms with Crippen LogP contribution in [0.15, 0.2) is 48.5 Å². The average Bonchev–Trinajstić information content (AvgIpc) is 3.14. The fourth-order valence-corrected chi connectivity index (χ4v) is 4.66. The van der Waals surface area contributed by atoms with Crippen LogP contribution in [-0.2, 0) is 11.8 Å². The molecule has 1 atom stereocenters. The van der Waals surface area contributed by atoms with Crippen LogP contribution in [0.4, 0.5) is 0 Å². The van der Waals surface area contributed by atoms with Crippen molar-refractivity contribution in [2.45, 2.75) is 37.7 Å². The molecule has 1 saturated carbocycles. The summed E-state index contributed by atoms with van der Waals surface area (Å²) in [5, 5.41) is 3.08. The molecule has 1 aliphatic carbocycles. The third-order valence-corrected chi connectivity index (χ3v) is 6.40. The van der Waals surface area contributed by atoms with Crippen LogP contribution in [0, 0.1) is 5.92 Å². The molecular formula is C24H27N3O3. The number of imidazole rings is 1. The highest BCUT2D eigenvalue weighted by Gasteiger charge is 2.29. The zero-order valence-electron chi connectivity index (χ0n) is 17.2. The predicted octanol–water partition coefficient (Wildman–Crippen LogP) is 3.80. The van der Waals surface area contributed by atoms with Crippen LogP contribution in [-0.4, -0.2) is 34.7 Å². The van der Waals surface area contributed by atoms with E-state index in [0.717, 1.165) is 31.2 Å². The Labute approximate surface area is 176 Å². The zero-order chi connectivity index (χ0) is 20.5. The van der Waals surface area contributed by atoms with Gasteiger partial charge in [-0.05, 0) is 55.9 Å². The number of rotatable bonds is 4. The van der Waals surface area contributed by atoms with E-state index >= 15 is 0 Å². The summed E-state index contributed by atoms with van der Waals surface area (Å²) in [6.45, 7) is 0.942. The topological polar surface area (TPSA) is 65.4 Å². The van der Waals surface area contributed by atoms with E-state index in [1.54, 1.807) is 0 Å². The SMILES string of the molecule is Cn1c(C2CCC(CNC(=O)[C@@H]3COc4ccccc4O3)CC2)nc2ccccc21. The molecule has 2 aliphatic rings. The van der Waals surface area contributed by atoms with E-state index < -0.39 is 6.10 Å². The molecule has 156 valence electrons. The first kappa shape index (κ1) is 19.0. The van der Waals surface area contributed by atoms with Gasteiger partial charge in [-0.15, -0.1) is 0 Å². The lowest BCUT2D eigenvalue weighted by Gasteiger charge is -2.29. The number of aryl methyl sites for hydroxylation is 1. The standard InChI is InChI=1S/C24H27N3O3/c1-27-19-7-3-2-6-18(19)26-23(27)17-12-10-16(11-13-17)14-25-24(28)22-15-29-20-8-4-5-9-21(20)30-22/h2-9,16-17,22H,10-15H2,1H3,(H,25,28)/t16?,17?,22-/m0/s1. The summed E-state index contributed by atoms with van der Waals surface area (Å²) in [6.07, 6.45) is 3.82. The summed E-state index contributed by atoms with van der Waals surface area (Å²) >= 11 is 0. The summed E-state index contributed by atoms with van der Waals surface area (Å²) < 4.78 is 13.7. The van der Waals surface area contributed by atoms with Crippen molar-refractivity contribution in [3.8, 4) is 11.5 Å². The average molecular weight is 405 g/mol. The Bertz CT molecular complexity index is 1050. The van der Waals surface area contributed by atoms with Crippen molar-refractivity contribution >= 4 is 16.9 Å². The fraction of sp³-hybridized carbons (Fsp3) is 0.417. The zero-order valence-corrected chi connectivity index (χ0v) is 17.2. The van der Waals surface area contributed by atoms with E-state index in [-0.39, 0.29) is 12.5 Å². The number of fused-ring (bicyclic) bond motifs is 2. The van der Waals surface area contributed by atoms with Crippen LogP contribution < -0.4 is 14.8 Å². The van der Waals surface area contributed by atoms with Crippen LogP contribution in [0.5, 0.6) is 11.5 Å². The number of para-hydroxylation sites is 4. The molecule has 0 unspecified atom stereocenters. The minimum atomic E-state index is -0.587. The molecule has 0 radical (unpaired) electrons. The third-order valence-electron chi connectivity index (χ3n) is 6.40. The van der Waals surface area contributed by atoms with Gasteiger partial charge in [0, 0.05) is 19.5 Å². The van der Waals surface area contributed by atoms with Crippen LogP contribution in [0.1, 0.15) is 37.4 Å². The number of carbonyl (C=O) groups is 1. The summed E-state index contributed by atoms with van der Waals surface area (Å²) in [4.78, 5) is 17.4. The van der Waals surface area contributed by atoms with Crippen molar-refractivity contribution in [2.75, 3.05) is 13.2 Å². The van der Waals surface area contributed by atoms with E-state index in [9.17, 15) is 4.79 Å². The second-order valence-corrected chi connectivity index (χ2v) is 8.34. The monoisotopic (exact) mass is 405 g/mol. The molecule has 1 N–H and O–H groups in total. The Kier molecular flexibility index (Phi) is 5.07. The molecule has 3 aromatic rings. The largest absolute Gasteiger partial charge is 0.485 e. The number of nitrogens with one attached hydrogen (secondary N) is 1. The lowest BCUT2D eigenvalue weighted by atomic mass is 9.81. The number of ether oxygens (including phenoxy) is 2. The minimum Gasteiger partial charge on any atom is -0.485 e. The molecule has 1 aliphatic heterocycles. The van der Waals surface area contributed by atoms with Crippen LogP contribution in [0.25, 0.3) is 11.0 Å². The normalized spacial score (nSPS) is 23.3. The van der Waals surface area contributed by atoms with E-state index in [4.69, 9.17) is 14.5 Å². The first-order valence-electron chi connectivity index (χ1n) is 10.8. The summed E-state index contributed by atoms with van der Waals surface area (Å²) in [5.41, 5.74) is 2.26. The second-order valence-electron chi connectivity index (χ2n) is 8.34. The maximum Gasteiger partial charge on any atom is 0.264 e. The number of benzene rings is 2. The van der Waals surface area contributed by atoms with E-state index in [2.05, 4.69) is 35.1 Å². The van der Waals surface area contributed by atoms with Crippen LogP contribution >= 0.6 is 0 Å². The highest BCUT2D eigenvalue weighted by atomic mass is 16.6. The van der Waals surface area contributed by atoms with Gasteiger partial charge in [0.05, 0.1) is 11.0 Å². The van der Waals surface area contributed by atoms with Crippen molar-refractivity contribution < 1.29 is 14.3 Å². The van der Waals surface area contributed by atoms with Gasteiger partial charge in [0.2, 0.25) is 6.10 Å². The lowest BCUT2D eigenvalue weighted by Crippen LogP contribution is -2.45. The number of amides is 1. The van der Waals surface area contributed by atoms with E-state index in [1.165, 1.54) is 11.3 Å². The predicted molar refractivity (Wildman–Crippen MR) is 115 cm³/mol. The summed E-state index contributed by atoms with van der Waals surface area (Å²) in [7, 11) is 2.11. The van der Waals surface area contributed by atoms with Crippen molar-refractivity contribution in [3.63, 3.8) is 0 Å². The molecular weight excluding hydrogens is 378 g/mol. The number of hydrogen-bond donors (Lipinski definition) is 1. The molecule has 30 heavy (non-hydrogen) atoms. The molecule has 0 spiro atoms. The van der Waals surface area contributed by atoms with Crippen LogP contribution in [0.3, 0.4) is 0 Å². The van der Waals surface area contributed by atoms with Gasteiger partial charge in [-0.3, -0.25) is 4.79 Å². The molecule has 0 saturated heterocycles. The Morgan fingerprint density at radius 1 is 1.07 bits per heavy atom. The van der Waals surface area contributed by atoms with Gasteiger partial charge in [0.15, 0.2) is 11.5 Å². The molecule has 5 rings (SSSR count). The molecule has 2 aromatic carbocycles. The first-order chi connectivity index (χ1) is 14.7. The first-order valence-corrected chi connectivity index (χ1v) is 10.8. The Morgan fingerprint density at radius 3 is 2.60 bits per heavy atom. The quantitative estimate of drug-likeness (QED) is 0.717. The van der Waals surface area contributed by atoms with E-state index in [0.29, 0.717) is 29.9 Å². The molecule has 6 heteroatoms. The molecule has 6 nitrogen and oxygen atoms in total. The summed E-state index contributed by atoms with van der Waals surface area (Å²) in [6, 6.07) is 15.8. The van der Waals surface area contributed by atoms with Crippen LogP contribution in [0.2, 0.25) is 0 Å². The molecule has 1 fully saturated rings. The number of aromatic nitrogens is 2. The smallest absolute Gasteiger partial charge is 0.264 e. The molecule has 2 heterocycles. The maximum absolute atomic E-state index is 12.6. The highest BCUT2D eigenvalue weighted by molar-refractivity contribution is 5.81. The number of nitrogens with zero attached hydrogens (tertiary/aromatic N) is 2. The van der Waals surface area contributed by atoms with Gasteiger partial charge in [-0.25, -0.2) is 4.98 Å². The van der Waals surface area contributed by atoms with Gasteiger partial charge in [0.1, 0.15) is 12.4 Å². The third kappa shape index (κ3) is 3.62. The Hall–Kier alpha value is -3.02. The maximum atomic E-state index is 12.6. The summed E-state index contributed by atoms with van der Waals surface area (Å²) in [5.74, 6) is 3.40. The minimum absolute atomic E-state index is 0.0954. The Morgan fingerprint density at radius 2 is 1.80 bits per heavy atom. The number of hydrogen-bond acceptors (Lipinski definition) is 4. The Balaban J connectivity index is 1.13. The van der Waals surface area contributed by atoms with Crippen molar-refractivity contribution in [1.82, 2.24) is 14.9 Å². The second kappa shape index (κ2) is 8.01. The lowest BCUT2D eigenvalue weighted by molar-refractivity contribution is -0.130. The van der Waals surface area contributed by atoms with Crippen molar-refractivity contribution in [2.24, 2.45) is 13.0 Å². The van der Waals surface area contributed by atoms with Gasteiger partial charge in [-0.2, -0.15) is 0 Å². The van der Waals surface area contributed by atoms with Gasteiger partial charge >= 0.3 is 0 Å².